The fourth-order valence-electron chi connectivity index (χ4n) is 1.13. The summed E-state index contributed by atoms with van der Waals surface area (Å²) in [5.74, 6) is 0.662. The predicted octanol–water partition coefficient (Wildman–Crippen LogP) is 2.64. The smallest absolute Gasteiger partial charge is 0.144 e. The number of allylic oxidation sites excluding steroid dienone is 1. The Labute approximate surface area is 90.5 Å². The first-order valence-corrected chi connectivity index (χ1v) is 4.88. The van der Waals surface area contributed by atoms with E-state index in [1.807, 2.05) is 26.8 Å². The predicted molar refractivity (Wildman–Crippen MR) is 61.6 cm³/mol. The molecule has 0 radical (unpaired) electrons. The van der Waals surface area contributed by atoms with Crippen LogP contribution in [-0.2, 0) is 0 Å². The van der Waals surface area contributed by atoms with Gasteiger partial charge in [0.15, 0.2) is 0 Å². The molecule has 3 heteroatoms. The lowest BCUT2D eigenvalue weighted by Crippen LogP contribution is -2.04. The molecule has 0 fully saturated rings. The topological polar surface area (TPSA) is 48.7 Å². The van der Waals surface area contributed by atoms with Crippen molar-refractivity contribution in [3.8, 4) is 6.07 Å². The van der Waals surface area contributed by atoms with Crippen LogP contribution in [0, 0.1) is 18.3 Å². The number of nitrogens with one attached hydrogen (secondary N) is 1. The second-order valence-electron chi connectivity index (χ2n) is 3.62. The van der Waals surface area contributed by atoms with Crippen LogP contribution in [0.15, 0.2) is 23.8 Å². The van der Waals surface area contributed by atoms with Crippen LogP contribution in [0.25, 0.3) is 0 Å². The summed E-state index contributed by atoms with van der Waals surface area (Å²) in [6.45, 7) is 6.69. The van der Waals surface area contributed by atoms with Crippen LogP contribution in [0.2, 0.25) is 0 Å². The van der Waals surface area contributed by atoms with E-state index in [9.17, 15) is 0 Å². The molecule has 1 aromatic heterocycles. The SMILES string of the molecule is CC(C)=CCNc1nc(C)ccc1C#N. The molecule has 0 aliphatic rings. The minimum absolute atomic E-state index is 0.586. The van der Waals surface area contributed by atoms with Gasteiger partial charge < -0.3 is 5.32 Å². The molecule has 0 amide bonds. The van der Waals surface area contributed by atoms with Crippen molar-refractivity contribution in [1.82, 2.24) is 4.98 Å². The van der Waals surface area contributed by atoms with Crippen LogP contribution in [0.3, 0.4) is 0 Å². The number of aromatic nitrogens is 1. The Morgan fingerprint density at radius 2 is 2.27 bits per heavy atom. The maximum Gasteiger partial charge on any atom is 0.144 e. The Kier molecular flexibility index (Phi) is 3.87. The maximum atomic E-state index is 8.87. The van der Waals surface area contributed by atoms with Gasteiger partial charge in [0.05, 0.1) is 5.56 Å². The summed E-state index contributed by atoms with van der Waals surface area (Å²) in [4.78, 5) is 4.28. The third-order valence-corrected chi connectivity index (χ3v) is 1.93. The van der Waals surface area contributed by atoms with Crippen molar-refractivity contribution in [2.75, 3.05) is 11.9 Å². The molecule has 1 heterocycles. The highest BCUT2D eigenvalue weighted by molar-refractivity contribution is 5.52. The third kappa shape index (κ3) is 3.43. The fourth-order valence-corrected chi connectivity index (χ4v) is 1.13. The van der Waals surface area contributed by atoms with Crippen molar-refractivity contribution < 1.29 is 0 Å². The van der Waals surface area contributed by atoms with Gasteiger partial charge in [0.1, 0.15) is 11.9 Å². The van der Waals surface area contributed by atoms with E-state index < -0.39 is 0 Å². The Balaban J connectivity index is 2.80. The van der Waals surface area contributed by atoms with Crippen LogP contribution in [-0.4, -0.2) is 11.5 Å². The van der Waals surface area contributed by atoms with Crippen LogP contribution in [0.1, 0.15) is 25.1 Å². The Hall–Kier alpha value is -1.82. The summed E-state index contributed by atoms with van der Waals surface area (Å²) in [5.41, 5.74) is 2.74. The number of nitrogens with zero attached hydrogens (tertiary/aromatic N) is 2. The van der Waals surface area contributed by atoms with Gasteiger partial charge in [0.2, 0.25) is 0 Å². The van der Waals surface area contributed by atoms with Gasteiger partial charge in [0.25, 0.3) is 0 Å². The van der Waals surface area contributed by atoms with Gasteiger partial charge in [0, 0.05) is 12.2 Å². The van der Waals surface area contributed by atoms with Crippen molar-refractivity contribution in [1.29, 1.82) is 5.26 Å². The highest BCUT2D eigenvalue weighted by Gasteiger charge is 2.01. The summed E-state index contributed by atoms with van der Waals surface area (Å²) >= 11 is 0. The van der Waals surface area contributed by atoms with E-state index in [-0.39, 0.29) is 0 Å². The Morgan fingerprint density at radius 3 is 2.87 bits per heavy atom. The Bertz CT molecular complexity index is 409. The lowest BCUT2D eigenvalue weighted by Gasteiger charge is -2.05. The minimum atomic E-state index is 0.586. The van der Waals surface area contributed by atoms with Crippen molar-refractivity contribution in [3.05, 3.63) is 35.0 Å². The molecule has 1 N–H and O–H groups in total. The molecule has 3 nitrogen and oxygen atoms in total. The molecule has 1 rings (SSSR count). The van der Waals surface area contributed by atoms with Gasteiger partial charge in [-0.1, -0.05) is 11.6 Å². The molecule has 0 saturated carbocycles. The lowest BCUT2D eigenvalue weighted by molar-refractivity contribution is 1.14. The molecule has 0 unspecified atom stereocenters. The molecular formula is C12H15N3. The maximum absolute atomic E-state index is 8.87. The summed E-state index contributed by atoms with van der Waals surface area (Å²) in [7, 11) is 0. The van der Waals surface area contributed by atoms with E-state index in [1.165, 1.54) is 5.57 Å². The van der Waals surface area contributed by atoms with Gasteiger partial charge in [-0.2, -0.15) is 5.26 Å². The van der Waals surface area contributed by atoms with Gasteiger partial charge in [-0.3, -0.25) is 0 Å². The Morgan fingerprint density at radius 1 is 1.53 bits per heavy atom. The number of aryl methyl sites for hydroxylation is 1. The second-order valence-corrected chi connectivity index (χ2v) is 3.62. The standard InChI is InChI=1S/C12H15N3/c1-9(2)6-7-14-12-11(8-13)5-4-10(3)15-12/h4-6H,7H2,1-3H3,(H,14,15). The number of anilines is 1. The van der Waals surface area contributed by atoms with E-state index >= 15 is 0 Å². The summed E-state index contributed by atoms with van der Waals surface area (Å²) in [6, 6.07) is 5.74. The summed E-state index contributed by atoms with van der Waals surface area (Å²) in [5, 5.41) is 12.0. The van der Waals surface area contributed by atoms with E-state index in [0.717, 1.165) is 5.69 Å². The van der Waals surface area contributed by atoms with E-state index in [1.54, 1.807) is 6.07 Å². The molecule has 0 spiro atoms. The van der Waals surface area contributed by atoms with E-state index in [2.05, 4.69) is 22.4 Å². The number of hydrogen-bond acceptors (Lipinski definition) is 3. The van der Waals surface area contributed by atoms with E-state index in [0.29, 0.717) is 17.9 Å². The van der Waals surface area contributed by atoms with Gasteiger partial charge in [-0.05, 0) is 32.9 Å². The zero-order valence-electron chi connectivity index (χ0n) is 9.33. The van der Waals surface area contributed by atoms with Crippen LogP contribution < -0.4 is 5.32 Å². The van der Waals surface area contributed by atoms with Crippen LogP contribution >= 0.6 is 0 Å². The largest absolute Gasteiger partial charge is 0.365 e. The highest BCUT2D eigenvalue weighted by atomic mass is 15.0. The summed E-state index contributed by atoms with van der Waals surface area (Å²) in [6.07, 6.45) is 2.06. The number of rotatable bonds is 3. The fraction of sp³-hybridized carbons (Fsp3) is 0.333. The first kappa shape index (κ1) is 11.3. The average Bonchev–Trinajstić information content (AvgIpc) is 2.17. The number of hydrogen-bond donors (Lipinski definition) is 1. The van der Waals surface area contributed by atoms with Crippen molar-refractivity contribution in [2.45, 2.75) is 20.8 Å². The molecule has 0 atom stereocenters. The van der Waals surface area contributed by atoms with Crippen molar-refractivity contribution >= 4 is 5.82 Å². The lowest BCUT2D eigenvalue weighted by atomic mass is 10.2. The second kappa shape index (κ2) is 5.16. The van der Waals surface area contributed by atoms with Gasteiger partial charge >= 0.3 is 0 Å². The van der Waals surface area contributed by atoms with Crippen LogP contribution in [0.5, 0.6) is 0 Å². The first-order valence-electron chi connectivity index (χ1n) is 4.88. The third-order valence-electron chi connectivity index (χ3n) is 1.93. The van der Waals surface area contributed by atoms with Crippen molar-refractivity contribution in [2.24, 2.45) is 0 Å². The molecule has 0 aliphatic heterocycles. The molecular weight excluding hydrogens is 186 g/mol. The molecule has 0 saturated heterocycles. The molecule has 1 aromatic rings. The molecule has 0 aliphatic carbocycles. The van der Waals surface area contributed by atoms with Gasteiger partial charge in [-0.15, -0.1) is 0 Å². The summed E-state index contributed by atoms with van der Waals surface area (Å²) < 4.78 is 0. The molecule has 0 bridgehead atoms. The molecule has 78 valence electrons. The number of nitriles is 1. The zero-order chi connectivity index (χ0) is 11.3. The molecule has 0 aromatic carbocycles. The highest BCUT2D eigenvalue weighted by Crippen LogP contribution is 2.11. The monoisotopic (exact) mass is 201 g/mol. The van der Waals surface area contributed by atoms with Crippen molar-refractivity contribution in [3.63, 3.8) is 0 Å². The minimum Gasteiger partial charge on any atom is -0.365 e. The number of pyridine rings is 1. The quantitative estimate of drug-likeness (QED) is 0.765. The van der Waals surface area contributed by atoms with E-state index in [4.69, 9.17) is 5.26 Å². The van der Waals surface area contributed by atoms with Crippen LogP contribution in [0.4, 0.5) is 5.82 Å². The zero-order valence-corrected chi connectivity index (χ0v) is 9.33. The first-order chi connectivity index (χ1) is 7.13. The molecule has 15 heavy (non-hydrogen) atoms. The van der Waals surface area contributed by atoms with Gasteiger partial charge in [-0.25, -0.2) is 4.98 Å². The average molecular weight is 201 g/mol. The normalized spacial score (nSPS) is 9.20.